The maximum absolute atomic E-state index is 13.1. The number of hydrogen-bond donors (Lipinski definition) is 0. The quantitative estimate of drug-likeness (QED) is 0.801. The van der Waals surface area contributed by atoms with E-state index in [2.05, 4.69) is 11.8 Å². The Kier molecular flexibility index (Phi) is 5.07. The van der Waals surface area contributed by atoms with Crippen LogP contribution in [0.2, 0.25) is 0 Å². The average molecular weight is 347 g/mol. The van der Waals surface area contributed by atoms with E-state index in [0.717, 1.165) is 12.1 Å². The lowest BCUT2D eigenvalue weighted by molar-refractivity contribution is -0.255. The summed E-state index contributed by atoms with van der Waals surface area (Å²) >= 11 is 0. The third-order valence-corrected chi connectivity index (χ3v) is 3.17. The minimum atomic E-state index is -4.69. The van der Waals surface area contributed by atoms with Crippen LogP contribution in [-0.4, -0.2) is 11.6 Å². The van der Waals surface area contributed by atoms with Gasteiger partial charge in [-0.1, -0.05) is 36.1 Å². The van der Waals surface area contributed by atoms with Crippen LogP contribution >= 0.6 is 0 Å². The zero-order chi connectivity index (χ0) is 18.7. The molecule has 0 unspecified atom stereocenters. The summed E-state index contributed by atoms with van der Waals surface area (Å²) in [5.41, 5.74) is -2.08. The maximum Gasteiger partial charge on any atom is 0.419 e. The second kappa shape index (κ2) is 6.89. The van der Waals surface area contributed by atoms with E-state index in [0.29, 0.717) is 11.6 Å². The fourth-order valence-electron chi connectivity index (χ4n) is 2.01. The summed E-state index contributed by atoms with van der Waals surface area (Å²) in [6.45, 7) is 2.99. The minimum Gasteiger partial charge on any atom is -0.545 e. The van der Waals surface area contributed by atoms with Gasteiger partial charge in [0.25, 0.3) is 0 Å². The standard InChI is InChI=1S/C19H15F3O3/c1-18(2,11-10-13-6-4-3-5-7-13)25-16-12-14(17(23)24)8-9-15(16)19(20,21)22/h3-9,12H,1-2H3,(H,23,24)/p-1. The summed E-state index contributed by atoms with van der Waals surface area (Å²) in [4.78, 5) is 10.9. The Morgan fingerprint density at radius 2 is 1.72 bits per heavy atom. The van der Waals surface area contributed by atoms with E-state index in [9.17, 15) is 23.1 Å². The molecule has 0 heterocycles. The number of benzene rings is 2. The summed E-state index contributed by atoms with van der Waals surface area (Å²) in [7, 11) is 0. The lowest BCUT2D eigenvalue weighted by Gasteiger charge is -2.24. The molecule has 0 N–H and O–H groups in total. The number of rotatable bonds is 3. The Labute approximate surface area is 143 Å². The van der Waals surface area contributed by atoms with E-state index >= 15 is 0 Å². The first-order valence-electron chi connectivity index (χ1n) is 7.28. The lowest BCUT2D eigenvalue weighted by atomic mass is 10.1. The highest BCUT2D eigenvalue weighted by Gasteiger charge is 2.35. The third kappa shape index (κ3) is 5.01. The molecule has 3 nitrogen and oxygen atoms in total. The number of carboxylic acids is 1. The predicted molar refractivity (Wildman–Crippen MR) is 83.8 cm³/mol. The molecule has 0 aliphatic rings. The zero-order valence-corrected chi connectivity index (χ0v) is 13.5. The molecule has 0 saturated carbocycles. The van der Waals surface area contributed by atoms with Crippen molar-refractivity contribution in [2.75, 3.05) is 0 Å². The summed E-state index contributed by atoms with van der Waals surface area (Å²) in [6, 6.07) is 11.2. The van der Waals surface area contributed by atoms with Gasteiger partial charge >= 0.3 is 6.18 Å². The van der Waals surface area contributed by atoms with Gasteiger partial charge in [-0.2, -0.15) is 13.2 Å². The molecule has 0 aromatic heterocycles. The van der Waals surface area contributed by atoms with E-state index < -0.39 is 34.6 Å². The number of carboxylic acid groups (broad SMARTS) is 1. The highest BCUT2D eigenvalue weighted by Crippen LogP contribution is 2.38. The van der Waals surface area contributed by atoms with Gasteiger partial charge in [-0.15, -0.1) is 0 Å². The van der Waals surface area contributed by atoms with E-state index in [1.54, 1.807) is 24.3 Å². The Hall–Kier alpha value is -2.94. The van der Waals surface area contributed by atoms with Crippen molar-refractivity contribution in [3.8, 4) is 17.6 Å². The lowest BCUT2D eigenvalue weighted by Crippen LogP contribution is -2.28. The van der Waals surface area contributed by atoms with Crippen molar-refractivity contribution in [3.63, 3.8) is 0 Å². The van der Waals surface area contributed by atoms with Crippen LogP contribution in [0.5, 0.6) is 5.75 Å². The number of carbonyl (C=O) groups is 1. The first-order valence-corrected chi connectivity index (χ1v) is 7.28. The second-order valence-electron chi connectivity index (χ2n) is 5.72. The number of alkyl halides is 3. The molecule has 0 fully saturated rings. The van der Waals surface area contributed by atoms with Crippen LogP contribution in [0.3, 0.4) is 0 Å². The van der Waals surface area contributed by atoms with Gasteiger partial charge in [0.2, 0.25) is 0 Å². The molecular weight excluding hydrogens is 333 g/mol. The molecule has 0 spiro atoms. The van der Waals surface area contributed by atoms with Crippen molar-refractivity contribution in [1.82, 2.24) is 0 Å². The molecular formula is C19H14F3O3-. The molecule has 0 aliphatic carbocycles. The smallest absolute Gasteiger partial charge is 0.419 e. The monoisotopic (exact) mass is 347 g/mol. The van der Waals surface area contributed by atoms with E-state index in [1.165, 1.54) is 13.8 Å². The van der Waals surface area contributed by atoms with Crippen LogP contribution in [-0.2, 0) is 6.18 Å². The Bertz CT molecular complexity index is 828. The number of halogens is 3. The molecule has 2 rings (SSSR count). The fraction of sp³-hybridized carbons (Fsp3) is 0.211. The van der Waals surface area contributed by atoms with Crippen LogP contribution in [0.4, 0.5) is 13.2 Å². The summed E-state index contributed by atoms with van der Waals surface area (Å²) in [5, 5.41) is 10.9. The molecule has 25 heavy (non-hydrogen) atoms. The molecule has 0 atom stereocenters. The van der Waals surface area contributed by atoms with Gasteiger partial charge in [0.05, 0.1) is 11.5 Å². The molecule has 2 aromatic rings. The van der Waals surface area contributed by atoms with Crippen molar-refractivity contribution in [1.29, 1.82) is 0 Å². The molecule has 0 bridgehead atoms. The third-order valence-electron chi connectivity index (χ3n) is 3.17. The number of aromatic carboxylic acids is 1. The molecule has 6 heteroatoms. The van der Waals surface area contributed by atoms with Crippen LogP contribution in [0.15, 0.2) is 48.5 Å². The molecule has 0 radical (unpaired) electrons. The first kappa shape index (κ1) is 18.4. The van der Waals surface area contributed by atoms with Gasteiger partial charge in [-0.05, 0) is 38.1 Å². The summed E-state index contributed by atoms with van der Waals surface area (Å²) < 4.78 is 44.8. The van der Waals surface area contributed by atoms with Crippen LogP contribution < -0.4 is 9.84 Å². The minimum absolute atomic E-state index is 0.408. The van der Waals surface area contributed by atoms with Gasteiger partial charge in [0.15, 0.2) is 5.60 Å². The van der Waals surface area contributed by atoms with Crippen molar-refractivity contribution >= 4 is 5.97 Å². The van der Waals surface area contributed by atoms with Crippen LogP contribution in [0, 0.1) is 11.8 Å². The Morgan fingerprint density at radius 1 is 1.08 bits per heavy atom. The second-order valence-corrected chi connectivity index (χ2v) is 5.72. The van der Waals surface area contributed by atoms with E-state index in [-0.39, 0.29) is 0 Å². The highest BCUT2D eigenvalue weighted by atomic mass is 19.4. The summed E-state index contributed by atoms with van der Waals surface area (Å²) in [5.74, 6) is 3.36. The SMILES string of the molecule is CC(C)(C#Cc1ccccc1)Oc1cc(C(=O)[O-])ccc1C(F)(F)F. The van der Waals surface area contributed by atoms with Crippen LogP contribution in [0.25, 0.3) is 0 Å². The Morgan fingerprint density at radius 3 is 2.28 bits per heavy atom. The Balaban J connectivity index is 2.38. The van der Waals surface area contributed by atoms with E-state index in [4.69, 9.17) is 4.74 Å². The van der Waals surface area contributed by atoms with Crippen molar-refractivity contribution < 1.29 is 27.8 Å². The average Bonchev–Trinajstić information content (AvgIpc) is 2.52. The van der Waals surface area contributed by atoms with Crippen molar-refractivity contribution in [3.05, 3.63) is 65.2 Å². The maximum atomic E-state index is 13.1. The number of ether oxygens (including phenoxy) is 1. The first-order chi connectivity index (χ1) is 11.6. The predicted octanol–water partition coefficient (Wildman–Crippen LogP) is 3.28. The van der Waals surface area contributed by atoms with Gasteiger partial charge in [0.1, 0.15) is 5.75 Å². The number of hydrogen-bond acceptors (Lipinski definition) is 3. The molecule has 0 amide bonds. The fourth-order valence-corrected chi connectivity index (χ4v) is 2.01. The van der Waals surface area contributed by atoms with Crippen molar-refractivity contribution in [2.45, 2.75) is 25.6 Å². The zero-order valence-electron chi connectivity index (χ0n) is 13.5. The van der Waals surface area contributed by atoms with Gasteiger partial charge in [-0.3, -0.25) is 0 Å². The molecule has 0 saturated heterocycles. The summed E-state index contributed by atoms with van der Waals surface area (Å²) in [6.07, 6.45) is -4.69. The highest BCUT2D eigenvalue weighted by molar-refractivity contribution is 5.86. The molecule has 2 aromatic carbocycles. The largest absolute Gasteiger partial charge is 0.545 e. The van der Waals surface area contributed by atoms with Crippen LogP contribution in [0.1, 0.15) is 35.3 Å². The van der Waals surface area contributed by atoms with Crippen molar-refractivity contribution in [2.24, 2.45) is 0 Å². The van der Waals surface area contributed by atoms with Gasteiger partial charge in [-0.25, -0.2) is 0 Å². The molecule has 0 aliphatic heterocycles. The number of carbonyl (C=O) groups excluding carboxylic acids is 1. The molecule has 130 valence electrons. The normalized spacial score (nSPS) is 11.4. The van der Waals surface area contributed by atoms with Gasteiger partial charge in [0, 0.05) is 11.1 Å². The topological polar surface area (TPSA) is 49.4 Å². The van der Waals surface area contributed by atoms with E-state index in [1.807, 2.05) is 6.07 Å². The van der Waals surface area contributed by atoms with Gasteiger partial charge < -0.3 is 14.6 Å².